The van der Waals surface area contributed by atoms with Gasteiger partial charge in [0.05, 0.1) is 15.5 Å². The summed E-state index contributed by atoms with van der Waals surface area (Å²) in [6.45, 7) is 3.49. The van der Waals surface area contributed by atoms with Gasteiger partial charge in [0, 0.05) is 32.2 Å². The van der Waals surface area contributed by atoms with Crippen LogP contribution in [0.4, 0.5) is 10.2 Å². The Kier molecular flexibility index (Phi) is 3.00. The Morgan fingerprint density at radius 2 is 2.05 bits per heavy atom. The van der Waals surface area contributed by atoms with Gasteiger partial charge in [0.15, 0.2) is 5.82 Å². The standard InChI is InChI=1S/C13H12BrFN6/c14-8-5-11-10(6-9(8)15)18-12(13-19-17-7-21(11)13)20-3-1-16-2-4-20/h5-7,16H,1-4H2. The van der Waals surface area contributed by atoms with E-state index < -0.39 is 0 Å². The minimum Gasteiger partial charge on any atom is -0.351 e. The van der Waals surface area contributed by atoms with Crippen molar-refractivity contribution in [3.8, 4) is 0 Å². The molecule has 1 saturated heterocycles. The van der Waals surface area contributed by atoms with Gasteiger partial charge in [-0.05, 0) is 22.0 Å². The van der Waals surface area contributed by atoms with E-state index in [1.54, 1.807) is 12.4 Å². The SMILES string of the molecule is Fc1cc2nc(N3CCNCC3)c3nncn3c2cc1Br. The highest BCUT2D eigenvalue weighted by Gasteiger charge is 2.19. The molecule has 0 spiro atoms. The lowest BCUT2D eigenvalue weighted by Crippen LogP contribution is -2.44. The summed E-state index contributed by atoms with van der Waals surface area (Å²) in [6, 6.07) is 3.14. The average Bonchev–Trinajstić information content (AvgIpc) is 2.99. The summed E-state index contributed by atoms with van der Waals surface area (Å²) < 4.78 is 16.1. The van der Waals surface area contributed by atoms with E-state index in [1.165, 1.54) is 6.07 Å². The number of hydrogen-bond donors (Lipinski definition) is 1. The van der Waals surface area contributed by atoms with Crippen molar-refractivity contribution in [3.05, 3.63) is 28.7 Å². The van der Waals surface area contributed by atoms with Crippen LogP contribution in [0.1, 0.15) is 0 Å². The normalized spacial score (nSPS) is 16.0. The fourth-order valence-electron chi connectivity index (χ4n) is 2.62. The maximum absolute atomic E-state index is 13.8. The molecule has 6 nitrogen and oxygen atoms in total. The van der Waals surface area contributed by atoms with Crippen molar-refractivity contribution in [3.63, 3.8) is 0 Å². The first-order chi connectivity index (χ1) is 10.2. The number of piperazine rings is 1. The van der Waals surface area contributed by atoms with Gasteiger partial charge in [0.2, 0.25) is 5.65 Å². The minimum atomic E-state index is -0.325. The quantitative estimate of drug-likeness (QED) is 0.722. The number of aromatic nitrogens is 4. The molecular formula is C13H12BrFN6. The van der Waals surface area contributed by atoms with Crippen LogP contribution in [0.3, 0.4) is 0 Å². The van der Waals surface area contributed by atoms with Crippen molar-refractivity contribution in [1.29, 1.82) is 0 Å². The van der Waals surface area contributed by atoms with Crippen LogP contribution in [0.2, 0.25) is 0 Å². The highest BCUT2D eigenvalue weighted by Crippen LogP contribution is 2.27. The summed E-state index contributed by atoms with van der Waals surface area (Å²) >= 11 is 3.21. The second kappa shape index (κ2) is 4.88. The number of nitrogens with zero attached hydrogens (tertiary/aromatic N) is 5. The topological polar surface area (TPSA) is 58.4 Å². The molecule has 1 aliphatic heterocycles. The van der Waals surface area contributed by atoms with E-state index in [-0.39, 0.29) is 5.82 Å². The van der Waals surface area contributed by atoms with Gasteiger partial charge >= 0.3 is 0 Å². The number of anilines is 1. The van der Waals surface area contributed by atoms with Crippen LogP contribution in [-0.2, 0) is 0 Å². The first-order valence-electron chi connectivity index (χ1n) is 6.68. The van der Waals surface area contributed by atoms with E-state index in [0.29, 0.717) is 15.6 Å². The molecule has 8 heteroatoms. The summed E-state index contributed by atoms with van der Waals surface area (Å²) in [4.78, 5) is 6.77. The molecule has 3 heterocycles. The van der Waals surface area contributed by atoms with Crippen LogP contribution >= 0.6 is 15.9 Å². The van der Waals surface area contributed by atoms with Gasteiger partial charge < -0.3 is 10.2 Å². The van der Waals surface area contributed by atoms with Gasteiger partial charge in [-0.25, -0.2) is 9.37 Å². The Hall–Kier alpha value is -1.80. The predicted octanol–water partition coefficient (Wildman–Crippen LogP) is 1.59. The van der Waals surface area contributed by atoms with Crippen molar-refractivity contribution in [2.45, 2.75) is 0 Å². The van der Waals surface area contributed by atoms with Gasteiger partial charge in [-0.2, -0.15) is 0 Å². The molecular weight excluding hydrogens is 339 g/mol. The molecule has 0 amide bonds. The van der Waals surface area contributed by atoms with E-state index in [0.717, 1.165) is 37.5 Å². The van der Waals surface area contributed by atoms with Crippen molar-refractivity contribution in [2.24, 2.45) is 0 Å². The third kappa shape index (κ3) is 2.06. The number of rotatable bonds is 1. The molecule has 0 aliphatic carbocycles. The maximum atomic E-state index is 13.8. The molecule has 0 saturated carbocycles. The van der Waals surface area contributed by atoms with E-state index in [4.69, 9.17) is 0 Å². The van der Waals surface area contributed by atoms with E-state index >= 15 is 0 Å². The number of nitrogens with one attached hydrogen (secondary N) is 1. The Morgan fingerprint density at radius 1 is 1.24 bits per heavy atom. The van der Waals surface area contributed by atoms with Gasteiger partial charge in [-0.15, -0.1) is 10.2 Å². The van der Waals surface area contributed by atoms with E-state index in [1.807, 2.05) is 4.40 Å². The van der Waals surface area contributed by atoms with E-state index in [9.17, 15) is 4.39 Å². The first kappa shape index (κ1) is 12.9. The monoisotopic (exact) mass is 350 g/mol. The highest BCUT2D eigenvalue weighted by molar-refractivity contribution is 9.10. The Labute approximate surface area is 128 Å². The first-order valence-corrected chi connectivity index (χ1v) is 7.47. The van der Waals surface area contributed by atoms with Crippen molar-refractivity contribution < 1.29 is 4.39 Å². The Balaban J connectivity index is 2.00. The van der Waals surface area contributed by atoms with Gasteiger partial charge in [-0.3, -0.25) is 4.40 Å². The molecule has 4 rings (SSSR count). The molecule has 0 atom stereocenters. The molecule has 1 N–H and O–H groups in total. The van der Waals surface area contributed by atoms with Crippen molar-refractivity contribution in [1.82, 2.24) is 24.9 Å². The van der Waals surface area contributed by atoms with Gasteiger partial charge in [0.25, 0.3) is 0 Å². The smallest absolute Gasteiger partial charge is 0.204 e. The summed E-state index contributed by atoms with van der Waals surface area (Å²) in [6.07, 6.45) is 1.63. The lowest BCUT2D eigenvalue weighted by molar-refractivity contribution is 0.585. The van der Waals surface area contributed by atoms with Crippen LogP contribution in [0.5, 0.6) is 0 Å². The fourth-order valence-corrected chi connectivity index (χ4v) is 2.96. The number of benzene rings is 1. The predicted molar refractivity (Wildman–Crippen MR) is 81.0 cm³/mol. The molecule has 0 radical (unpaired) electrons. The zero-order chi connectivity index (χ0) is 14.4. The summed E-state index contributed by atoms with van der Waals surface area (Å²) in [5.41, 5.74) is 2.07. The third-order valence-electron chi connectivity index (χ3n) is 3.67. The lowest BCUT2D eigenvalue weighted by atomic mass is 10.2. The second-order valence-corrected chi connectivity index (χ2v) is 5.81. The molecule has 1 aliphatic rings. The molecule has 108 valence electrons. The molecule has 3 aromatic rings. The summed E-state index contributed by atoms with van der Waals surface area (Å²) in [5.74, 6) is 0.428. The maximum Gasteiger partial charge on any atom is 0.204 e. The largest absolute Gasteiger partial charge is 0.351 e. The van der Waals surface area contributed by atoms with Crippen LogP contribution in [0, 0.1) is 5.82 Å². The van der Waals surface area contributed by atoms with Gasteiger partial charge in [0.1, 0.15) is 12.1 Å². The van der Waals surface area contributed by atoms with Crippen LogP contribution < -0.4 is 10.2 Å². The van der Waals surface area contributed by atoms with Crippen LogP contribution in [-0.4, -0.2) is 45.8 Å². The minimum absolute atomic E-state index is 0.325. The number of fused-ring (bicyclic) bond motifs is 3. The molecule has 1 fully saturated rings. The summed E-state index contributed by atoms with van der Waals surface area (Å²) in [7, 11) is 0. The second-order valence-electron chi connectivity index (χ2n) is 4.95. The highest BCUT2D eigenvalue weighted by atomic mass is 79.9. The summed E-state index contributed by atoms with van der Waals surface area (Å²) in [5, 5.41) is 11.5. The van der Waals surface area contributed by atoms with Crippen molar-refractivity contribution >= 4 is 38.4 Å². The fraction of sp³-hybridized carbons (Fsp3) is 0.308. The Bertz CT molecular complexity index is 826. The zero-order valence-electron chi connectivity index (χ0n) is 11.1. The molecule has 0 unspecified atom stereocenters. The third-order valence-corrected chi connectivity index (χ3v) is 4.28. The van der Waals surface area contributed by atoms with Crippen LogP contribution in [0.25, 0.3) is 16.7 Å². The molecule has 21 heavy (non-hydrogen) atoms. The lowest BCUT2D eigenvalue weighted by Gasteiger charge is -2.28. The average molecular weight is 351 g/mol. The molecule has 2 aromatic heterocycles. The molecule has 1 aromatic carbocycles. The van der Waals surface area contributed by atoms with E-state index in [2.05, 4.69) is 41.3 Å². The molecule has 0 bridgehead atoms. The Morgan fingerprint density at radius 3 is 2.86 bits per heavy atom. The van der Waals surface area contributed by atoms with Gasteiger partial charge in [-0.1, -0.05) is 0 Å². The zero-order valence-corrected chi connectivity index (χ0v) is 12.6. The van der Waals surface area contributed by atoms with Crippen LogP contribution in [0.15, 0.2) is 22.9 Å². The number of hydrogen-bond acceptors (Lipinski definition) is 5. The number of halogens is 2. The van der Waals surface area contributed by atoms with Crippen molar-refractivity contribution in [2.75, 3.05) is 31.1 Å².